The summed E-state index contributed by atoms with van der Waals surface area (Å²) in [4.78, 5) is 12.0. The molecule has 2 aromatic carbocycles. The van der Waals surface area contributed by atoms with Crippen LogP contribution >= 0.6 is 11.8 Å². The smallest absolute Gasteiger partial charge is 0.269 e. The molecule has 0 fully saturated rings. The fraction of sp³-hybridized carbons (Fsp3) is 0.143. The van der Waals surface area contributed by atoms with Crippen LogP contribution in [0.5, 0.6) is 0 Å². The van der Waals surface area contributed by atoms with Crippen molar-refractivity contribution in [1.29, 1.82) is 0 Å². The average Bonchev–Trinajstić information content (AvgIpc) is 2.41. The lowest BCUT2D eigenvalue weighted by atomic mass is 10.1. The number of benzene rings is 2. The predicted molar refractivity (Wildman–Crippen MR) is 74.3 cm³/mol. The van der Waals surface area contributed by atoms with E-state index in [1.807, 2.05) is 25.1 Å². The lowest BCUT2D eigenvalue weighted by Gasteiger charge is -2.08. The van der Waals surface area contributed by atoms with Crippen LogP contribution in [0.2, 0.25) is 0 Å². The molecular weight excluding hydrogens is 262 g/mol. The Morgan fingerprint density at radius 2 is 1.89 bits per heavy atom. The average molecular weight is 275 g/mol. The normalized spacial score (nSPS) is 10.4. The number of nitro groups is 1. The Balaban J connectivity index is 2.23. The SMILES string of the molecule is Cc1ccc(Sc2ccc([N+](=O)[O-])cc2)c(CO)c1. The number of nitrogens with zero attached hydrogens (tertiary/aromatic N) is 1. The molecule has 5 heteroatoms. The highest BCUT2D eigenvalue weighted by molar-refractivity contribution is 7.99. The molecule has 0 saturated carbocycles. The largest absolute Gasteiger partial charge is 0.392 e. The van der Waals surface area contributed by atoms with Gasteiger partial charge in [-0.1, -0.05) is 29.5 Å². The zero-order chi connectivity index (χ0) is 13.8. The topological polar surface area (TPSA) is 63.4 Å². The van der Waals surface area contributed by atoms with Crippen molar-refractivity contribution in [3.63, 3.8) is 0 Å². The molecule has 0 amide bonds. The molecule has 4 nitrogen and oxygen atoms in total. The Labute approximate surface area is 115 Å². The van der Waals surface area contributed by atoms with Crippen molar-refractivity contribution >= 4 is 17.4 Å². The van der Waals surface area contributed by atoms with E-state index in [1.165, 1.54) is 23.9 Å². The van der Waals surface area contributed by atoms with Crippen molar-refractivity contribution in [3.05, 3.63) is 63.7 Å². The van der Waals surface area contributed by atoms with Gasteiger partial charge in [-0.05, 0) is 30.7 Å². The van der Waals surface area contributed by atoms with Gasteiger partial charge >= 0.3 is 0 Å². The summed E-state index contributed by atoms with van der Waals surface area (Å²) in [6.07, 6.45) is 0. The van der Waals surface area contributed by atoms with Crippen molar-refractivity contribution in [2.45, 2.75) is 23.3 Å². The van der Waals surface area contributed by atoms with Crippen LogP contribution in [-0.2, 0) is 6.61 Å². The highest BCUT2D eigenvalue weighted by Crippen LogP contribution is 2.32. The van der Waals surface area contributed by atoms with E-state index < -0.39 is 4.92 Å². The Kier molecular flexibility index (Phi) is 4.19. The first-order valence-electron chi connectivity index (χ1n) is 5.73. The van der Waals surface area contributed by atoms with Gasteiger partial charge in [0.2, 0.25) is 0 Å². The monoisotopic (exact) mass is 275 g/mol. The molecule has 0 unspecified atom stereocenters. The minimum absolute atomic E-state index is 0.0169. The van der Waals surface area contributed by atoms with Gasteiger partial charge in [0, 0.05) is 21.9 Å². The van der Waals surface area contributed by atoms with Gasteiger partial charge in [-0.2, -0.15) is 0 Å². The maximum absolute atomic E-state index is 10.6. The van der Waals surface area contributed by atoms with E-state index >= 15 is 0 Å². The van der Waals surface area contributed by atoms with Crippen molar-refractivity contribution < 1.29 is 10.0 Å². The minimum atomic E-state index is -0.417. The molecule has 19 heavy (non-hydrogen) atoms. The molecule has 0 aromatic heterocycles. The van der Waals surface area contributed by atoms with Crippen molar-refractivity contribution in [1.82, 2.24) is 0 Å². The summed E-state index contributed by atoms with van der Waals surface area (Å²) in [5, 5.41) is 19.9. The third kappa shape index (κ3) is 3.33. The number of hydrogen-bond donors (Lipinski definition) is 1. The lowest BCUT2D eigenvalue weighted by molar-refractivity contribution is -0.384. The third-order valence-electron chi connectivity index (χ3n) is 2.66. The van der Waals surface area contributed by atoms with E-state index in [2.05, 4.69) is 0 Å². The molecule has 0 saturated heterocycles. The Morgan fingerprint density at radius 3 is 2.47 bits per heavy atom. The van der Waals surface area contributed by atoms with E-state index in [4.69, 9.17) is 0 Å². The number of nitro benzene ring substituents is 1. The van der Waals surface area contributed by atoms with Crippen LogP contribution in [0, 0.1) is 17.0 Å². The summed E-state index contributed by atoms with van der Waals surface area (Å²) < 4.78 is 0. The maximum atomic E-state index is 10.6. The lowest BCUT2D eigenvalue weighted by Crippen LogP contribution is -1.89. The van der Waals surface area contributed by atoms with Crippen LogP contribution in [0.15, 0.2) is 52.3 Å². The number of hydrogen-bond acceptors (Lipinski definition) is 4. The Bertz CT molecular complexity index is 596. The van der Waals surface area contributed by atoms with Crippen LogP contribution < -0.4 is 0 Å². The molecule has 0 aliphatic rings. The highest BCUT2D eigenvalue weighted by atomic mass is 32.2. The van der Waals surface area contributed by atoms with Gasteiger partial charge in [-0.25, -0.2) is 0 Å². The van der Waals surface area contributed by atoms with Gasteiger partial charge in [0.15, 0.2) is 0 Å². The van der Waals surface area contributed by atoms with Crippen molar-refractivity contribution in [2.24, 2.45) is 0 Å². The molecule has 0 bridgehead atoms. The van der Waals surface area contributed by atoms with E-state index in [0.29, 0.717) is 0 Å². The first kappa shape index (κ1) is 13.6. The van der Waals surface area contributed by atoms with Crippen LogP contribution in [0.4, 0.5) is 5.69 Å². The molecule has 2 rings (SSSR count). The molecule has 2 aromatic rings. The molecule has 1 N–H and O–H groups in total. The number of rotatable bonds is 4. The number of non-ortho nitro benzene ring substituents is 1. The molecule has 98 valence electrons. The van der Waals surface area contributed by atoms with Gasteiger partial charge in [-0.3, -0.25) is 10.1 Å². The summed E-state index contributed by atoms with van der Waals surface area (Å²) in [5.41, 5.74) is 2.04. The minimum Gasteiger partial charge on any atom is -0.392 e. The number of aliphatic hydroxyl groups is 1. The summed E-state index contributed by atoms with van der Waals surface area (Å²) >= 11 is 1.49. The fourth-order valence-electron chi connectivity index (χ4n) is 1.69. The second-order valence-electron chi connectivity index (χ2n) is 4.12. The van der Waals surface area contributed by atoms with Crippen LogP contribution in [0.1, 0.15) is 11.1 Å². The van der Waals surface area contributed by atoms with E-state index in [9.17, 15) is 15.2 Å². The van der Waals surface area contributed by atoms with Gasteiger partial charge in [0.25, 0.3) is 5.69 Å². The second-order valence-corrected chi connectivity index (χ2v) is 5.24. The molecule has 0 aliphatic carbocycles. The standard InChI is InChI=1S/C14H13NO3S/c1-10-2-7-14(11(8-10)9-16)19-13-5-3-12(4-6-13)15(17)18/h2-8,16H,9H2,1H3. The maximum Gasteiger partial charge on any atom is 0.269 e. The first-order chi connectivity index (χ1) is 9.10. The zero-order valence-electron chi connectivity index (χ0n) is 10.4. The number of aryl methyl sites for hydroxylation is 1. The summed E-state index contributed by atoms with van der Waals surface area (Å²) in [7, 11) is 0. The Morgan fingerprint density at radius 1 is 1.21 bits per heavy atom. The first-order valence-corrected chi connectivity index (χ1v) is 6.54. The van der Waals surface area contributed by atoms with Gasteiger partial charge < -0.3 is 5.11 Å². The molecular formula is C14H13NO3S. The van der Waals surface area contributed by atoms with E-state index in [-0.39, 0.29) is 12.3 Å². The Hall–Kier alpha value is -1.85. The van der Waals surface area contributed by atoms with Gasteiger partial charge in [0.05, 0.1) is 11.5 Å². The predicted octanol–water partition coefficient (Wildman–Crippen LogP) is 3.55. The van der Waals surface area contributed by atoms with Crippen LogP contribution in [0.3, 0.4) is 0 Å². The molecule has 0 atom stereocenters. The van der Waals surface area contributed by atoms with Crippen molar-refractivity contribution in [2.75, 3.05) is 0 Å². The van der Waals surface area contributed by atoms with Gasteiger partial charge in [0.1, 0.15) is 0 Å². The van der Waals surface area contributed by atoms with Crippen molar-refractivity contribution in [3.8, 4) is 0 Å². The highest BCUT2D eigenvalue weighted by Gasteiger charge is 2.07. The fourth-order valence-corrected chi connectivity index (χ4v) is 2.61. The zero-order valence-corrected chi connectivity index (χ0v) is 11.2. The quantitative estimate of drug-likeness (QED) is 0.684. The third-order valence-corrected chi connectivity index (χ3v) is 3.79. The van der Waals surface area contributed by atoms with E-state index in [1.54, 1.807) is 12.1 Å². The van der Waals surface area contributed by atoms with Gasteiger partial charge in [-0.15, -0.1) is 0 Å². The second kappa shape index (κ2) is 5.86. The summed E-state index contributed by atoms with van der Waals surface area (Å²) in [6.45, 7) is 1.95. The van der Waals surface area contributed by atoms with E-state index in [0.717, 1.165) is 20.9 Å². The van der Waals surface area contributed by atoms with Crippen LogP contribution in [0.25, 0.3) is 0 Å². The molecule has 0 radical (unpaired) electrons. The molecule has 0 spiro atoms. The summed E-state index contributed by atoms with van der Waals surface area (Å²) in [6, 6.07) is 12.3. The van der Waals surface area contributed by atoms with Crippen LogP contribution in [-0.4, -0.2) is 10.0 Å². The molecule has 0 heterocycles. The molecule has 0 aliphatic heterocycles. The number of aliphatic hydroxyl groups excluding tert-OH is 1. The summed E-state index contributed by atoms with van der Waals surface area (Å²) in [5.74, 6) is 0.